The molecule has 166 valence electrons. The van der Waals surface area contributed by atoms with E-state index >= 15 is 0 Å². The fourth-order valence-corrected chi connectivity index (χ4v) is 4.09. The van der Waals surface area contributed by atoms with Crippen LogP contribution in [-0.2, 0) is 11.3 Å². The molecule has 0 radical (unpaired) electrons. The Morgan fingerprint density at radius 2 is 1.77 bits per heavy atom. The highest BCUT2D eigenvalue weighted by Crippen LogP contribution is 2.30. The van der Waals surface area contributed by atoms with Gasteiger partial charge in [-0.3, -0.25) is 9.88 Å². The first kappa shape index (κ1) is 23.1. The molecule has 0 amide bonds. The van der Waals surface area contributed by atoms with Gasteiger partial charge in [-0.25, -0.2) is 4.68 Å². The van der Waals surface area contributed by atoms with Crippen LogP contribution in [-0.4, -0.2) is 70.0 Å². The van der Waals surface area contributed by atoms with Gasteiger partial charge >= 0.3 is 0 Å². The smallest absolute Gasteiger partial charge is 0.173 e. The Hall–Kier alpha value is -2.55. The summed E-state index contributed by atoms with van der Waals surface area (Å²) in [7, 11) is 1.69. The number of ether oxygens (including phenoxy) is 1. The Morgan fingerprint density at radius 1 is 1.03 bits per heavy atom. The quantitative estimate of drug-likeness (QED) is 0.555. The second-order valence-corrected chi connectivity index (χ2v) is 7.75. The largest absolute Gasteiger partial charge is 0.383 e. The third kappa shape index (κ3) is 5.20. The van der Waals surface area contributed by atoms with Gasteiger partial charge in [0.05, 0.1) is 19.2 Å². The lowest BCUT2D eigenvalue weighted by molar-refractivity contribution is 0.171. The number of aromatic nitrogens is 5. The highest BCUT2D eigenvalue weighted by atomic mass is 35.5. The SMILES string of the molecule is COCCn1nnnc1C(c1ccncc1)N1CCN(c2cc(C)ccc2C)CC1.Cl. The van der Waals surface area contributed by atoms with E-state index in [9.17, 15) is 0 Å². The lowest BCUT2D eigenvalue weighted by Gasteiger charge is -2.40. The molecule has 0 saturated carbocycles. The molecule has 9 heteroatoms. The van der Waals surface area contributed by atoms with Crippen molar-refractivity contribution in [3.63, 3.8) is 0 Å². The maximum atomic E-state index is 5.24. The molecule has 0 bridgehead atoms. The van der Waals surface area contributed by atoms with Crippen molar-refractivity contribution >= 4 is 18.1 Å². The molecule has 2 aromatic heterocycles. The Kier molecular flexibility index (Phi) is 7.95. The third-order valence-corrected chi connectivity index (χ3v) is 5.72. The Bertz CT molecular complexity index is 958. The van der Waals surface area contributed by atoms with Crippen LogP contribution < -0.4 is 4.90 Å². The molecule has 4 rings (SSSR count). The van der Waals surface area contributed by atoms with E-state index in [1.54, 1.807) is 7.11 Å². The second-order valence-electron chi connectivity index (χ2n) is 7.75. The third-order valence-electron chi connectivity index (χ3n) is 5.72. The maximum absolute atomic E-state index is 5.24. The first-order chi connectivity index (χ1) is 14.7. The zero-order chi connectivity index (χ0) is 20.9. The number of tetrazole rings is 1. The number of methoxy groups -OCH3 is 1. The number of halogens is 1. The zero-order valence-electron chi connectivity index (χ0n) is 18.3. The Morgan fingerprint density at radius 3 is 2.48 bits per heavy atom. The number of hydrogen-bond donors (Lipinski definition) is 0. The van der Waals surface area contributed by atoms with E-state index < -0.39 is 0 Å². The number of nitrogens with zero attached hydrogens (tertiary/aromatic N) is 7. The predicted molar refractivity (Wildman–Crippen MR) is 123 cm³/mol. The Labute approximate surface area is 189 Å². The fraction of sp³-hybridized carbons (Fsp3) is 0.455. The van der Waals surface area contributed by atoms with Crippen molar-refractivity contribution in [2.24, 2.45) is 0 Å². The summed E-state index contributed by atoms with van der Waals surface area (Å²) in [5.74, 6) is 0.846. The number of piperazine rings is 1. The van der Waals surface area contributed by atoms with Gasteiger partial charge in [0.1, 0.15) is 0 Å². The van der Waals surface area contributed by atoms with Crippen LogP contribution in [0.15, 0.2) is 42.7 Å². The number of pyridine rings is 1. The van der Waals surface area contributed by atoms with E-state index in [2.05, 4.69) is 74.5 Å². The number of rotatable bonds is 7. The topological polar surface area (TPSA) is 72.2 Å². The summed E-state index contributed by atoms with van der Waals surface area (Å²) in [4.78, 5) is 9.14. The van der Waals surface area contributed by atoms with Gasteiger partial charge in [0.25, 0.3) is 0 Å². The van der Waals surface area contributed by atoms with Crippen LogP contribution in [0.5, 0.6) is 0 Å². The van der Waals surface area contributed by atoms with Crippen molar-refractivity contribution in [3.05, 3.63) is 65.2 Å². The molecular formula is C22H30ClN7O. The van der Waals surface area contributed by atoms with Crippen molar-refractivity contribution in [2.75, 3.05) is 44.8 Å². The predicted octanol–water partition coefficient (Wildman–Crippen LogP) is 2.66. The molecule has 31 heavy (non-hydrogen) atoms. The van der Waals surface area contributed by atoms with Crippen LogP contribution in [0.3, 0.4) is 0 Å². The molecule has 3 aromatic rings. The van der Waals surface area contributed by atoms with Crippen LogP contribution in [0, 0.1) is 13.8 Å². The van der Waals surface area contributed by atoms with Gasteiger partial charge in [-0.05, 0) is 59.2 Å². The summed E-state index contributed by atoms with van der Waals surface area (Å²) in [6, 6.07) is 10.8. The van der Waals surface area contributed by atoms with Crippen LogP contribution in [0.25, 0.3) is 0 Å². The van der Waals surface area contributed by atoms with Gasteiger partial charge in [0.2, 0.25) is 0 Å². The van der Waals surface area contributed by atoms with Crippen LogP contribution in [0.2, 0.25) is 0 Å². The fourth-order valence-electron chi connectivity index (χ4n) is 4.09. The standard InChI is InChI=1S/C22H29N7O.ClH/c1-17-4-5-18(2)20(16-17)27-10-12-28(13-11-27)21(19-6-8-23-9-7-19)22-24-25-26-29(22)14-15-30-3;/h4-9,16,21H,10-15H2,1-3H3;1H. The molecule has 1 fully saturated rings. The molecule has 0 spiro atoms. The van der Waals surface area contributed by atoms with E-state index in [-0.39, 0.29) is 18.4 Å². The number of aryl methyl sites for hydroxylation is 2. The van der Waals surface area contributed by atoms with Crippen molar-refractivity contribution in [2.45, 2.75) is 26.4 Å². The molecule has 1 atom stereocenters. The molecule has 1 unspecified atom stereocenters. The summed E-state index contributed by atoms with van der Waals surface area (Å²) in [5, 5.41) is 12.6. The van der Waals surface area contributed by atoms with Crippen molar-refractivity contribution < 1.29 is 4.74 Å². The maximum Gasteiger partial charge on any atom is 0.173 e. The summed E-state index contributed by atoms with van der Waals surface area (Å²) >= 11 is 0. The minimum absolute atomic E-state index is 0. The number of anilines is 1. The lowest BCUT2D eigenvalue weighted by atomic mass is 10.0. The van der Waals surface area contributed by atoms with Crippen molar-refractivity contribution in [1.29, 1.82) is 0 Å². The molecule has 3 heterocycles. The lowest BCUT2D eigenvalue weighted by Crippen LogP contribution is -2.48. The van der Waals surface area contributed by atoms with Crippen molar-refractivity contribution in [1.82, 2.24) is 30.1 Å². The highest BCUT2D eigenvalue weighted by molar-refractivity contribution is 5.85. The molecule has 1 aliphatic rings. The first-order valence-corrected chi connectivity index (χ1v) is 10.4. The van der Waals surface area contributed by atoms with Crippen LogP contribution in [0.1, 0.15) is 28.6 Å². The number of hydrogen-bond acceptors (Lipinski definition) is 7. The monoisotopic (exact) mass is 443 g/mol. The second kappa shape index (κ2) is 10.7. The zero-order valence-corrected chi connectivity index (χ0v) is 19.1. The molecule has 1 saturated heterocycles. The molecule has 8 nitrogen and oxygen atoms in total. The minimum atomic E-state index is -0.0133. The van der Waals surface area contributed by atoms with Crippen molar-refractivity contribution in [3.8, 4) is 0 Å². The highest BCUT2D eigenvalue weighted by Gasteiger charge is 2.30. The van der Waals surface area contributed by atoms with Crippen LogP contribution in [0.4, 0.5) is 5.69 Å². The first-order valence-electron chi connectivity index (χ1n) is 10.4. The van der Waals surface area contributed by atoms with E-state index in [1.807, 2.05) is 17.1 Å². The average Bonchev–Trinajstić information content (AvgIpc) is 3.23. The summed E-state index contributed by atoms with van der Waals surface area (Å²) < 4.78 is 7.09. The summed E-state index contributed by atoms with van der Waals surface area (Å²) in [6.45, 7) is 9.32. The van der Waals surface area contributed by atoms with E-state index in [4.69, 9.17) is 4.74 Å². The van der Waals surface area contributed by atoms with Gasteiger partial charge in [-0.1, -0.05) is 12.1 Å². The van der Waals surface area contributed by atoms with Crippen LogP contribution >= 0.6 is 12.4 Å². The van der Waals surface area contributed by atoms with Gasteiger partial charge in [0.15, 0.2) is 5.82 Å². The Balaban J connectivity index is 0.00000272. The minimum Gasteiger partial charge on any atom is -0.383 e. The molecule has 0 aliphatic carbocycles. The van der Waals surface area contributed by atoms with E-state index in [0.717, 1.165) is 37.6 Å². The normalized spacial score (nSPS) is 15.5. The molecule has 1 aliphatic heterocycles. The summed E-state index contributed by atoms with van der Waals surface area (Å²) in [5.41, 5.74) is 5.10. The molecular weight excluding hydrogens is 414 g/mol. The van der Waals surface area contributed by atoms with Gasteiger partial charge in [-0.2, -0.15) is 0 Å². The van der Waals surface area contributed by atoms with Gasteiger partial charge < -0.3 is 9.64 Å². The molecule has 1 aromatic carbocycles. The van der Waals surface area contributed by atoms with E-state index in [0.29, 0.717) is 13.2 Å². The number of benzene rings is 1. The average molecular weight is 444 g/mol. The molecule has 0 N–H and O–H groups in total. The van der Waals surface area contributed by atoms with Gasteiger partial charge in [0, 0.05) is 51.4 Å². The summed E-state index contributed by atoms with van der Waals surface area (Å²) in [6.07, 6.45) is 3.66. The van der Waals surface area contributed by atoms with Gasteiger partial charge in [-0.15, -0.1) is 17.5 Å². The van der Waals surface area contributed by atoms with E-state index in [1.165, 1.54) is 16.8 Å².